The molecular weight excluding hydrogens is 228 g/mol. The van der Waals surface area contributed by atoms with Gasteiger partial charge in [-0.25, -0.2) is 18.6 Å². The van der Waals surface area contributed by atoms with Crippen LogP contribution in [-0.2, 0) is 11.3 Å². The van der Waals surface area contributed by atoms with Crippen molar-refractivity contribution in [1.29, 1.82) is 0 Å². The average Bonchev–Trinajstić information content (AvgIpc) is 2.21. The Balaban J connectivity index is 3.35. The second-order valence-corrected chi connectivity index (χ2v) is 2.98. The zero-order chi connectivity index (χ0) is 11.4. The zero-order valence-electron chi connectivity index (χ0n) is 7.68. The fourth-order valence-corrected chi connectivity index (χ4v) is 1.31. The molecule has 0 bridgehead atoms. The summed E-state index contributed by atoms with van der Waals surface area (Å²) in [6.07, 6.45) is 1.22. The number of ether oxygens (including phenoxy) is 1. The van der Waals surface area contributed by atoms with Gasteiger partial charge >= 0.3 is 0 Å². The van der Waals surface area contributed by atoms with Gasteiger partial charge in [0.2, 0.25) is 6.08 Å². The van der Waals surface area contributed by atoms with E-state index >= 15 is 0 Å². The van der Waals surface area contributed by atoms with Gasteiger partial charge in [0.25, 0.3) is 0 Å². The topological polar surface area (TPSA) is 38.7 Å². The molecule has 80 valence electrons. The lowest BCUT2D eigenvalue weighted by Crippen LogP contribution is -1.99. The normalized spacial score (nSPS) is 9.60. The number of aliphatic imine (C=N–C) groups is 1. The van der Waals surface area contributed by atoms with Gasteiger partial charge in [0, 0.05) is 0 Å². The second kappa shape index (κ2) is 4.87. The van der Waals surface area contributed by atoms with Gasteiger partial charge in [0.05, 0.1) is 24.2 Å². The molecule has 0 N–H and O–H groups in total. The summed E-state index contributed by atoms with van der Waals surface area (Å²) in [6.45, 7) is -0.365. The molecule has 1 aromatic rings. The number of hydrogen-bond acceptors (Lipinski definition) is 3. The highest BCUT2D eigenvalue weighted by atomic mass is 35.5. The molecular formula is C9H6ClF2NO2. The first kappa shape index (κ1) is 11.6. The highest BCUT2D eigenvalue weighted by molar-refractivity contribution is 6.30. The van der Waals surface area contributed by atoms with Gasteiger partial charge in [0.15, 0.2) is 17.4 Å². The minimum atomic E-state index is -0.853. The number of hydrogen-bond donors (Lipinski definition) is 0. The van der Waals surface area contributed by atoms with E-state index in [0.29, 0.717) is 0 Å². The Kier molecular flexibility index (Phi) is 3.77. The first-order valence-electron chi connectivity index (χ1n) is 3.85. The third kappa shape index (κ3) is 2.32. The van der Waals surface area contributed by atoms with Crippen molar-refractivity contribution in [2.24, 2.45) is 4.99 Å². The molecule has 0 heterocycles. The summed E-state index contributed by atoms with van der Waals surface area (Å²) in [4.78, 5) is 13.0. The molecule has 1 aromatic carbocycles. The average molecular weight is 234 g/mol. The van der Waals surface area contributed by atoms with Crippen LogP contribution in [0.15, 0.2) is 11.1 Å². The van der Waals surface area contributed by atoms with E-state index in [2.05, 4.69) is 9.73 Å². The smallest absolute Gasteiger partial charge is 0.235 e. The van der Waals surface area contributed by atoms with E-state index in [1.165, 1.54) is 13.2 Å². The number of rotatable bonds is 3. The molecule has 1 rings (SSSR count). The highest BCUT2D eigenvalue weighted by Gasteiger charge is 2.17. The van der Waals surface area contributed by atoms with E-state index in [9.17, 15) is 13.6 Å². The van der Waals surface area contributed by atoms with E-state index < -0.39 is 11.6 Å². The van der Waals surface area contributed by atoms with Gasteiger partial charge in [-0.05, 0) is 6.07 Å². The molecule has 0 unspecified atom stereocenters. The molecule has 0 atom stereocenters. The lowest BCUT2D eigenvalue weighted by Gasteiger charge is -2.09. The van der Waals surface area contributed by atoms with Crippen LogP contribution in [0.5, 0.6) is 5.75 Å². The van der Waals surface area contributed by atoms with Gasteiger partial charge in [-0.1, -0.05) is 11.6 Å². The van der Waals surface area contributed by atoms with Crippen LogP contribution in [0.2, 0.25) is 5.02 Å². The number of nitrogens with zero attached hydrogens (tertiary/aromatic N) is 1. The van der Waals surface area contributed by atoms with Crippen LogP contribution >= 0.6 is 11.6 Å². The van der Waals surface area contributed by atoms with Gasteiger partial charge in [-0.2, -0.15) is 0 Å². The Morgan fingerprint density at radius 3 is 2.80 bits per heavy atom. The zero-order valence-corrected chi connectivity index (χ0v) is 8.44. The first-order chi connectivity index (χ1) is 7.11. The molecule has 0 saturated carbocycles. The summed E-state index contributed by atoms with van der Waals surface area (Å²) in [5.41, 5.74) is -0.203. The predicted octanol–water partition coefficient (Wildman–Crippen LogP) is 2.46. The Bertz CT molecular complexity index is 431. The Morgan fingerprint density at radius 2 is 2.27 bits per heavy atom. The third-order valence-corrected chi connectivity index (χ3v) is 2.00. The summed E-state index contributed by atoms with van der Waals surface area (Å²) < 4.78 is 31.2. The van der Waals surface area contributed by atoms with Gasteiger partial charge in [0.1, 0.15) is 0 Å². The van der Waals surface area contributed by atoms with Crippen molar-refractivity contribution in [1.82, 2.24) is 0 Å². The van der Waals surface area contributed by atoms with Crippen LogP contribution in [0.25, 0.3) is 0 Å². The van der Waals surface area contributed by atoms with Gasteiger partial charge in [-0.3, -0.25) is 0 Å². The van der Waals surface area contributed by atoms with E-state index in [4.69, 9.17) is 11.6 Å². The molecule has 0 fully saturated rings. The number of benzene rings is 1. The molecule has 0 radical (unpaired) electrons. The number of halogens is 3. The minimum Gasteiger partial charge on any atom is -0.493 e. The summed E-state index contributed by atoms with van der Waals surface area (Å²) in [7, 11) is 1.18. The van der Waals surface area contributed by atoms with Crippen molar-refractivity contribution in [3.8, 4) is 5.75 Å². The maximum atomic E-state index is 13.4. The summed E-state index contributed by atoms with van der Waals surface area (Å²) in [5.74, 6) is -1.97. The van der Waals surface area contributed by atoms with Crippen molar-refractivity contribution in [3.05, 3.63) is 28.3 Å². The SMILES string of the molecule is COc1c(F)cc(Cl)c(F)c1CN=C=O. The van der Waals surface area contributed by atoms with Crippen molar-refractivity contribution in [2.75, 3.05) is 7.11 Å². The van der Waals surface area contributed by atoms with Crippen molar-refractivity contribution in [2.45, 2.75) is 6.54 Å². The van der Waals surface area contributed by atoms with Crippen molar-refractivity contribution in [3.63, 3.8) is 0 Å². The second-order valence-electron chi connectivity index (χ2n) is 2.57. The van der Waals surface area contributed by atoms with Crippen LogP contribution in [0, 0.1) is 11.6 Å². The lowest BCUT2D eigenvalue weighted by molar-refractivity contribution is 0.376. The molecule has 0 spiro atoms. The fraction of sp³-hybridized carbons (Fsp3) is 0.222. The fourth-order valence-electron chi connectivity index (χ4n) is 1.10. The Hall–Kier alpha value is -1.45. The van der Waals surface area contributed by atoms with Crippen LogP contribution in [-0.4, -0.2) is 13.2 Å². The summed E-state index contributed by atoms with van der Waals surface area (Å²) in [5, 5.41) is -0.385. The van der Waals surface area contributed by atoms with E-state index in [1.807, 2.05) is 0 Å². The van der Waals surface area contributed by atoms with Crippen LogP contribution in [0.3, 0.4) is 0 Å². The quantitative estimate of drug-likeness (QED) is 0.457. The Morgan fingerprint density at radius 1 is 1.60 bits per heavy atom. The lowest BCUT2D eigenvalue weighted by atomic mass is 10.2. The van der Waals surface area contributed by atoms with E-state index in [0.717, 1.165) is 6.07 Å². The maximum absolute atomic E-state index is 13.4. The minimum absolute atomic E-state index is 0.203. The first-order valence-corrected chi connectivity index (χ1v) is 4.23. The molecule has 0 amide bonds. The summed E-state index contributed by atoms with van der Waals surface area (Å²) >= 11 is 5.42. The predicted molar refractivity (Wildman–Crippen MR) is 49.7 cm³/mol. The molecule has 6 heteroatoms. The highest BCUT2D eigenvalue weighted by Crippen LogP contribution is 2.31. The molecule has 0 aliphatic heterocycles. The maximum Gasteiger partial charge on any atom is 0.235 e. The van der Waals surface area contributed by atoms with E-state index in [-0.39, 0.29) is 22.9 Å². The number of carbonyl (C=O) groups excluding carboxylic acids is 1. The van der Waals surface area contributed by atoms with Crippen molar-refractivity contribution < 1.29 is 18.3 Å². The van der Waals surface area contributed by atoms with Gasteiger partial charge < -0.3 is 4.74 Å². The van der Waals surface area contributed by atoms with E-state index in [1.54, 1.807) is 0 Å². The number of isocyanates is 1. The van der Waals surface area contributed by atoms with Crippen LogP contribution < -0.4 is 4.74 Å². The van der Waals surface area contributed by atoms with Gasteiger partial charge in [-0.15, -0.1) is 0 Å². The molecule has 0 saturated heterocycles. The molecule has 15 heavy (non-hydrogen) atoms. The molecule has 0 aliphatic carbocycles. The molecule has 0 aliphatic rings. The molecule has 0 aromatic heterocycles. The monoisotopic (exact) mass is 233 g/mol. The van der Waals surface area contributed by atoms with Crippen LogP contribution in [0.4, 0.5) is 8.78 Å². The van der Waals surface area contributed by atoms with Crippen molar-refractivity contribution >= 4 is 17.7 Å². The standard InChI is InChI=1S/C9H6ClF2NO2/c1-15-9-5(3-13-4-14)8(12)6(10)2-7(9)11/h2H,3H2,1H3. The molecule has 3 nitrogen and oxygen atoms in total. The summed E-state index contributed by atoms with van der Waals surface area (Å²) in [6, 6.07) is 0.795. The largest absolute Gasteiger partial charge is 0.493 e. The van der Waals surface area contributed by atoms with Crippen LogP contribution in [0.1, 0.15) is 5.56 Å². The Labute approximate surface area is 89.3 Å². The third-order valence-electron chi connectivity index (χ3n) is 1.72. The number of methoxy groups -OCH3 is 1.